The van der Waals surface area contributed by atoms with Gasteiger partial charge in [-0.05, 0) is 103 Å². The Morgan fingerprint density at radius 1 is 1.11 bits per heavy atom. The molecule has 1 aromatic heterocycles. The monoisotopic (exact) mass is 587 g/mol. The molecule has 1 aliphatic rings. The highest BCUT2D eigenvalue weighted by molar-refractivity contribution is 9.10. The second-order valence-electron chi connectivity index (χ2n) is 7.90. The number of aromatic nitrogens is 1. The maximum Gasteiger partial charge on any atom is 0.285 e. The maximum atomic E-state index is 13.2. The SMILES string of the molecule is CCOc1cc(/C=C2/SC(=S)N(n3c(C)ccc3C)C2=O)cc(Br)c1OCc1ccc([N+](=O)[O-])cc1. The molecule has 36 heavy (non-hydrogen) atoms. The Kier molecular flexibility index (Phi) is 7.82. The van der Waals surface area contributed by atoms with Gasteiger partial charge in [0.1, 0.15) is 6.61 Å². The Balaban J connectivity index is 1.59. The summed E-state index contributed by atoms with van der Waals surface area (Å²) in [6.07, 6.45) is 1.78. The summed E-state index contributed by atoms with van der Waals surface area (Å²) in [6, 6.07) is 13.7. The lowest BCUT2D eigenvalue weighted by atomic mass is 10.1. The minimum absolute atomic E-state index is 0.0202. The van der Waals surface area contributed by atoms with Crippen molar-refractivity contribution >= 4 is 61.9 Å². The molecule has 1 aliphatic heterocycles. The predicted octanol–water partition coefficient (Wildman–Crippen LogP) is 6.29. The van der Waals surface area contributed by atoms with Crippen LogP contribution in [-0.4, -0.2) is 26.4 Å². The van der Waals surface area contributed by atoms with Gasteiger partial charge in [-0.25, -0.2) is 0 Å². The number of non-ortho nitro benzene ring substituents is 1. The number of hydrogen-bond donors (Lipinski definition) is 0. The number of hydrogen-bond acceptors (Lipinski definition) is 7. The molecule has 0 atom stereocenters. The van der Waals surface area contributed by atoms with E-state index in [4.69, 9.17) is 21.7 Å². The first-order chi connectivity index (χ1) is 17.2. The maximum absolute atomic E-state index is 13.2. The average Bonchev–Trinajstić information content (AvgIpc) is 3.30. The molecule has 4 rings (SSSR count). The fraction of sp³-hybridized carbons (Fsp3) is 0.200. The molecule has 1 amide bonds. The van der Waals surface area contributed by atoms with E-state index in [-0.39, 0.29) is 18.2 Å². The van der Waals surface area contributed by atoms with E-state index in [2.05, 4.69) is 15.9 Å². The number of carbonyl (C=O) groups excluding carboxylic acids is 1. The number of thiocarbonyl (C=S) groups is 1. The molecule has 0 aliphatic carbocycles. The van der Waals surface area contributed by atoms with Gasteiger partial charge >= 0.3 is 0 Å². The smallest absolute Gasteiger partial charge is 0.285 e. The molecule has 0 spiro atoms. The normalized spacial score (nSPS) is 14.6. The number of thioether (sulfide) groups is 1. The van der Waals surface area contributed by atoms with E-state index in [1.54, 1.807) is 24.3 Å². The number of nitrogens with zero attached hydrogens (tertiary/aromatic N) is 3. The van der Waals surface area contributed by atoms with Crippen molar-refractivity contribution < 1.29 is 19.2 Å². The number of aryl methyl sites for hydroxylation is 2. The van der Waals surface area contributed by atoms with Crippen LogP contribution in [0.4, 0.5) is 5.69 Å². The van der Waals surface area contributed by atoms with Gasteiger partial charge in [0.25, 0.3) is 11.6 Å². The molecule has 11 heteroatoms. The zero-order valence-corrected chi connectivity index (χ0v) is 22.9. The summed E-state index contributed by atoms with van der Waals surface area (Å²) in [5.41, 5.74) is 3.38. The van der Waals surface area contributed by atoms with Gasteiger partial charge in [-0.3, -0.25) is 19.6 Å². The van der Waals surface area contributed by atoms with E-state index >= 15 is 0 Å². The van der Waals surface area contributed by atoms with Crippen LogP contribution < -0.4 is 14.5 Å². The summed E-state index contributed by atoms with van der Waals surface area (Å²) in [5.74, 6) is 0.811. The third-order valence-corrected chi connectivity index (χ3v) is 7.24. The van der Waals surface area contributed by atoms with E-state index in [9.17, 15) is 14.9 Å². The van der Waals surface area contributed by atoms with Crippen LogP contribution in [0.25, 0.3) is 6.08 Å². The first-order valence-electron chi connectivity index (χ1n) is 10.9. The fourth-order valence-corrected chi connectivity index (χ4v) is 5.52. The summed E-state index contributed by atoms with van der Waals surface area (Å²) in [6.45, 7) is 6.34. The van der Waals surface area contributed by atoms with Crippen molar-refractivity contribution in [2.75, 3.05) is 11.6 Å². The van der Waals surface area contributed by atoms with Gasteiger partial charge in [0.15, 0.2) is 15.8 Å². The molecule has 0 bridgehead atoms. The lowest BCUT2D eigenvalue weighted by molar-refractivity contribution is -0.384. The molecular formula is C25H22BrN3O5S2. The summed E-state index contributed by atoms with van der Waals surface area (Å²) in [5, 5.41) is 12.4. The second kappa shape index (κ2) is 10.9. The second-order valence-corrected chi connectivity index (χ2v) is 10.4. The lowest BCUT2D eigenvalue weighted by Gasteiger charge is -2.20. The highest BCUT2D eigenvalue weighted by atomic mass is 79.9. The van der Waals surface area contributed by atoms with Crippen LogP contribution >= 0.6 is 39.9 Å². The molecule has 2 heterocycles. The van der Waals surface area contributed by atoms with Gasteiger partial charge in [0, 0.05) is 23.5 Å². The number of carbonyl (C=O) groups is 1. The van der Waals surface area contributed by atoms with Crippen LogP contribution in [0, 0.1) is 24.0 Å². The lowest BCUT2D eigenvalue weighted by Crippen LogP contribution is -2.39. The third kappa shape index (κ3) is 5.32. The Hall–Kier alpha value is -3.15. The molecule has 0 saturated carbocycles. The molecule has 0 radical (unpaired) electrons. The van der Waals surface area contributed by atoms with Gasteiger partial charge in [0.2, 0.25) is 0 Å². The topological polar surface area (TPSA) is 86.8 Å². The molecule has 1 saturated heterocycles. The summed E-state index contributed by atoms with van der Waals surface area (Å²) >= 11 is 10.3. The minimum Gasteiger partial charge on any atom is -0.490 e. The van der Waals surface area contributed by atoms with Crippen molar-refractivity contribution in [1.82, 2.24) is 4.68 Å². The zero-order valence-electron chi connectivity index (χ0n) is 19.7. The van der Waals surface area contributed by atoms with Crippen molar-refractivity contribution in [3.63, 3.8) is 0 Å². The minimum atomic E-state index is -0.443. The highest BCUT2D eigenvalue weighted by Gasteiger charge is 2.34. The van der Waals surface area contributed by atoms with Gasteiger partial charge in [-0.15, -0.1) is 0 Å². The zero-order chi connectivity index (χ0) is 26.0. The van der Waals surface area contributed by atoms with Crippen LogP contribution in [-0.2, 0) is 11.4 Å². The van der Waals surface area contributed by atoms with Crippen LogP contribution in [0.3, 0.4) is 0 Å². The van der Waals surface area contributed by atoms with Crippen molar-refractivity contribution in [3.05, 3.63) is 90.5 Å². The van der Waals surface area contributed by atoms with Gasteiger partial charge in [-0.2, -0.15) is 5.01 Å². The summed E-state index contributed by atoms with van der Waals surface area (Å²) < 4.78 is 14.7. The van der Waals surface area contributed by atoms with Crippen LogP contribution in [0.15, 0.2) is 57.9 Å². The van der Waals surface area contributed by atoms with E-state index in [1.165, 1.54) is 28.9 Å². The van der Waals surface area contributed by atoms with E-state index < -0.39 is 4.92 Å². The largest absolute Gasteiger partial charge is 0.490 e. The fourth-order valence-electron chi connectivity index (χ4n) is 3.70. The van der Waals surface area contributed by atoms with Crippen molar-refractivity contribution in [2.24, 2.45) is 0 Å². The van der Waals surface area contributed by atoms with E-state index in [1.807, 2.05) is 43.6 Å². The predicted molar refractivity (Wildman–Crippen MR) is 148 cm³/mol. The van der Waals surface area contributed by atoms with Crippen molar-refractivity contribution in [3.8, 4) is 11.5 Å². The number of halogens is 1. The number of benzene rings is 2. The Morgan fingerprint density at radius 3 is 2.39 bits per heavy atom. The van der Waals surface area contributed by atoms with Gasteiger partial charge in [-0.1, -0.05) is 11.8 Å². The molecule has 0 unspecified atom stereocenters. The Bertz CT molecular complexity index is 1370. The van der Waals surface area contributed by atoms with Crippen LogP contribution in [0.1, 0.15) is 29.4 Å². The molecule has 2 aromatic carbocycles. The standard InChI is InChI=1S/C25H22BrN3O5S2/c1-4-33-21-12-18(11-20(26)23(21)34-14-17-7-9-19(10-8-17)29(31)32)13-22-24(30)28(25(35)36-22)27-15(2)5-6-16(27)3/h5-13H,4,14H2,1-3H3/b22-13+. The number of nitro groups is 1. The quantitative estimate of drug-likeness (QED) is 0.132. The number of ether oxygens (including phenoxy) is 2. The van der Waals surface area contributed by atoms with Gasteiger partial charge in [0.05, 0.1) is 20.9 Å². The first kappa shape index (κ1) is 25.9. The molecule has 8 nitrogen and oxygen atoms in total. The van der Waals surface area contributed by atoms with Gasteiger partial charge < -0.3 is 9.47 Å². The van der Waals surface area contributed by atoms with Crippen molar-refractivity contribution in [1.29, 1.82) is 0 Å². The van der Waals surface area contributed by atoms with Crippen LogP contribution in [0.2, 0.25) is 0 Å². The number of rotatable bonds is 8. The average molecular weight is 589 g/mol. The molecule has 3 aromatic rings. The summed E-state index contributed by atoms with van der Waals surface area (Å²) in [4.78, 5) is 24.2. The van der Waals surface area contributed by atoms with Crippen LogP contribution in [0.5, 0.6) is 11.5 Å². The van der Waals surface area contributed by atoms with Crippen molar-refractivity contribution in [2.45, 2.75) is 27.4 Å². The Morgan fingerprint density at radius 2 is 1.78 bits per heavy atom. The van der Waals surface area contributed by atoms with E-state index in [0.717, 1.165) is 22.5 Å². The van der Waals surface area contributed by atoms with E-state index in [0.29, 0.717) is 31.8 Å². The highest BCUT2D eigenvalue weighted by Crippen LogP contribution is 2.40. The summed E-state index contributed by atoms with van der Waals surface area (Å²) in [7, 11) is 0. The molecule has 0 N–H and O–H groups in total. The Labute approximate surface area is 226 Å². The third-order valence-electron chi connectivity index (χ3n) is 5.37. The number of nitro benzene ring substituents is 1. The molecule has 186 valence electrons. The molecular weight excluding hydrogens is 566 g/mol. The number of amides is 1. The first-order valence-corrected chi connectivity index (χ1v) is 13.0. The molecule has 1 fully saturated rings.